The minimum Gasteiger partial charge on any atom is -0.348 e. The molecule has 0 aliphatic carbocycles. The van der Waals surface area contributed by atoms with E-state index in [1.807, 2.05) is 6.92 Å². The van der Waals surface area contributed by atoms with Gasteiger partial charge in [-0.05, 0) is 31.0 Å². The number of aromatic nitrogens is 3. The molecule has 0 radical (unpaired) electrons. The number of hydrogen-bond donors (Lipinski definition) is 1. The van der Waals surface area contributed by atoms with Crippen molar-refractivity contribution in [1.29, 1.82) is 0 Å². The lowest BCUT2D eigenvalue weighted by molar-refractivity contribution is -0.141. The Balaban J connectivity index is 0.000000817. The van der Waals surface area contributed by atoms with E-state index in [1.165, 1.54) is 6.07 Å². The molecule has 0 aromatic carbocycles. The summed E-state index contributed by atoms with van der Waals surface area (Å²) in [4.78, 5) is 15.1. The van der Waals surface area contributed by atoms with E-state index in [2.05, 4.69) is 22.0 Å². The van der Waals surface area contributed by atoms with Gasteiger partial charge in [-0.2, -0.15) is 18.3 Å². The maximum absolute atomic E-state index is 12.8. The van der Waals surface area contributed by atoms with Gasteiger partial charge in [0.05, 0.1) is 23.8 Å². The zero-order valence-corrected chi connectivity index (χ0v) is 14.8. The number of carbonyl (C=O) groups is 1. The van der Waals surface area contributed by atoms with Crippen LogP contribution in [0.15, 0.2) is 37.3 Å². The molecule has 1 N–H and O–H groups in total. The number of rotatable bonds is 4. The SMILES string of the molecule is C=CF.CCCC(=O)NC1CCn2nc(-c3ccnc(C(F)(F)F)c3)cc21. The quantitative estimate of drug-likeness (QED) is 0.794. The third-order valence-corrected chi connectivity index (χ3v) is 3.96. The first-order valence-corrected chi connectivity index (χ1v) is 8.42. The van der Waals surface area contributed by atoms with Crippen molar-refractivity contribution in [1.82, 2.24) is 20.1 Å². The van der Waals surface area contributed by atoms with Crippen LogP contribution in [-0.4, -0.2) is 20.7 Å². The molecule has 2 aromatic heterocycles. The van der Waals surface area contributed by atoms with E-state index in [4.69, 9.17) is 0 Å². The molecular formula is C18H20F4N4O. The van der Waals surface area contributed by atoms with Gasteiger partial charge in [0.2, 0.25) is 5.91 Å². The first-order valence-electron chi connectivity index (χ1n) is 8.42. The van der Waals surface area contributed by atoms with E-state index in [0.717, 1.165) is 30.8 Å². The number of amides is 1. The summed E-state index contributed by atoms with van der Waals surface area (Å²) in [5.41, 5.74) is 0.686. The number of hydrogen-bond acceptors (Lipinski definition) is 3. The maximum atomic E-state index is 12.8. The molecule has 0 spiro atoms. The predicted molar refractivity (Wildman–Crippen MR) is 92.2 cm³/mol. The molecule has 146 valence electrons. The van der Waals surface area contributed by atoms with Crippen LogP contribution in [0.5, 0.6) is 0 Å². The summed E-state index contributed by atoms with van der Waals surface area (Å²) in [6, 6.07) is 4.08. The molecule has 27 heavy (non-hydrogen) atoms. The molecule has 0 saturated heterocycles. The first-order chi connectivity index (χ1) is 12.8. The zero-order valence-electron chi connectivity index (χ0n) is 14.8. The number of pyridine rings is 1. The van der Waals surface area contributed by atoms with Gasteiger partial charge in [0.1, 0.15) is 5.69 Å². The highest BCUT2D eigenvalue weighted by Crippen LogP contribution is 2.33. The second-order valence-corrected chi connectivity index (χ2v) is 5.92. The van der Waals surface area contributed by atoms with Crippen LogP contribution >= 0.6 is 0 Å². The summed E-state index contributed by atoms with van der Waals surface area (Å²) >= 11 is 0. The van der Waals surface area contributed by atoms with Crippen LogP contribution < -0.4 is 5.32 Å². The Morgan fingerprint density at radius 2 is 2.15 bits per heavy atom. The zero-order chi connectivity index (χ0) is 20.0. The fourth-order valence-electron chi connectivity index (χ4n) is 2.82. The van der Waals surface area contributed by atoms with Crippen molar-refractivity contribution in [2.24, 2.45) is 0 Å². The molecule has 3 heterocycles. The van der Waals surface area contributed by atoms with Gasteiger partial charge in [0.15, 0.2) is 0 Å². The van der Waals surface area contributed by atoms with Crippen molar-refractivity contribution in [2.45, 2.75) is 44.9 Å². The first kappa shape index (κ1) is 20.6. The van der Waals surface area contributed by atoms with Crippen LogP contribution in [0.25, 0.3) is 11.3 Å². The summed E-state index contributed by atoms with van der Waals surface area (Å²) < 4.78 is 50.2. The summed E-state index contributed by atoms with van der Waals surface area (Å²) in [6.07, 6.45) is -1.16. The van der Waals surface area contributed by atoms with Crippen molar-refractivity contribution >= 4 is 5.91 Å². The average Bonchev–Trinajstić information content (AvgIpc) is 3.17. The number of carbonyl (C=O) groups excluding carboxylic acids is 1. The lowest BCUT2D eigenvalue weighted by atomic mass is 10.1. The van der Waals surface area contributed by atoms with E-state index >= 15 is 0 Å². The fraction of sp³-hybridized carbons (Fsp3) is 0.389. The van der Waals surface area contributed by atoms with E-state index < -0.39 is 11.9 Å². The number of aryl methyl sites for hydroxylation is 1. The molecule has 1 aliphatic heterocycles. The van der Waals surface area contributed by atoms with Gasteiger partial charge in [-0.3, -0.25) is 14.5 Å². The predicted octanol–water partition coefficient (Wildman–Crippen LogP) is 4.42. The maximum Gasteiger partial charge on any atom is 0.433 e. The number of fused-ring (bicyclic) bond motifs is 1. The molecule has 5 nitrogen and oxygen atoms in total. The lowest BCUT2D eigenvalue weighted by Crippen LogP contribution is -2.26. The van der Waals surface area contributed by atoms with Gasteiger partial charge in [0, 0.05) is 24.7 Å². The highest BCUT2D eigenvalue weighted by atomic mass is 19.4. The summed E-state index contributed by atoms with van der Waals surface area (Å²) in [5, 5.41) is 7.30. The third kappa shape index (κ3) is 5.15. The largest absolute Gasteiger partial charge is 0.433 e. The van der Waals surface area contributed by atoms with Crippen LogP contribution in [-0.2, 0) is 17.5 Å². The Hall–Kier alpha value is -2.71. The number of halogens is 4. The molecule has 2 aromatic rings. The number of alkyl halides is 3. The molecule has 3 rings (SSSR count). The van der Waals surface area contributed by atoms with Gasteiger partial charge in [-0.25, -0.2) is 4.39 Å². The third-order valence-electron chi connectivity index (χ3n) is 3.96. The molecular weight excluding hydrogens is 364 g/mol. The summed E-state index contributed by atoms with van der Waals surface area (Å²) in [7, 11) is 0. The summed E-state index contributed by atoms with van der Waals surface area (Å²) in [6.45, 7) is 5.25. The van der Waals surface area contributed by atoms with Crippen molar-refractivity contribution in [3.8, 4) is 11.3 Å². The normalized spacial score (nSPS) is 15.5. The van der Waals surface area contributed by atoms with Crippen molar-refractivity contribution in [2.75, 3.05) is 0 Å². The highest BCUT2D eigenvalue weighted by Gasteiger charge is 2.33. The van der Waals surface area contributed by atoms with Crippen molar-refractivity contribution in [3.05, 3.63) is 48.7 Å². The monoisotopic (exact) mass is 384 g/mol. The van der Waals surface area contributed by atoms with Crippen LogP contribution in [0.1, 0.15) is 43.6 Å². The minimum atomic E-state index is -4.49. The van der Waals surface area contributed by atoms with E-state index in [1.54, 1.807) is 10.7 Å². The molecule has 0 saturated carbocycles. The van der Waals surface area contributed by atoms with Gasteiger partial charge in [0.25, 0.3) is 0 Å². The Morgan fingerprint density at radius 1 is 1.44 bits per heavy atom. The fourth-order valence-corrected chi connectivity index (χ4v) is 2.82. The Labute approximate surface area is 154 Å². The van der Waals surface area contributed by atoms with E-state index in [0.29, 0.717) is 24.2 Å². The van der Waals surface area contributed by atoms with Crippen molar-refractivity contribution in [3.63, 3.8) is 0 Å². The van der Waals surface area contributed by atoms with E-state index in [9.17, 15) is 22.4 Å². The molecule has 1 unspecified atom stereocenters. The standard InChI is InChI=1S/C16H17F3N4O.C2H3F/c1-2-3-15(24)21-11-5-7-23-13(11)9-12(22-23)10-4-6-20-14(8-10)16(17,18)19;1-2-3/h4,6,8-9,11H,2-3,5,7H2,1H3,(H,21,24);2H,1H2. The number of nitrogens with one attached hydrogen (secondary N) is 1. The Morgan fingerprint density at radius 3 is 2.78 bits per heavy atom. The molecule has 1 amide bonds. The van der Waals surface area contributed by atoms with Gasteiger partial charge in [-0.15, -0.1) is 0 Å². The highest BCUT2D eigenvalue weighted by molar-refractivity contribution is 5.76. The Kier molecular flexibility index (Phi) is 6.70. The van der Waals surface area contributed by atoms with Gasteiger partial charge in [-0.1, -0.05) is 13.5 Å². The molecule has 9 heteroatoms. The van der Waals surface area contributed by atoms with Crippen molar-refractivity contribution < 1.29 is 22.4 Å². The summed E-state index contributed by atoms with van der Waals surface area (Å²) in [5.74, 6) is -0.0260. The van der Waals surface area contributed by atoms with E-state index in [-0.39, 0.29) is 18.3 Å². The lowest BCUT2D eigenvalue weighted by Gasteiger charge is -2.11. The molecule has 0 bridgehead atoms. The topological polar surface area (TPSA) is 59.8 Å². The average molecular weight is 384 g/mol. The van der Waals surface area contributed by atoms with Crippen LogP contribution in [0.2, 0.25) is 0 Å². The number of nitrogens with zero attached hydrogens (tertiary/aromatic N) is 3. The van der Waals surface area contributed by atoms with Crippen LogP contribution in [0, 0.1) is 0 Å². The molecule has 0 fully saturated rings. The minimum absolute atomic E-state index is 0.0260. The second-order valence-electron chi connectivity index (χ2n) is 5.92. The molecule has 1 aliphatic rings. The van der Waals surface area contributed by atoms with Crippen LogP contribution in [0.3, 0.4) is 0 Å². The smallest absolute Gasteiger partial charge is 0.348 e. The molecule has 1 atom stereocenters. The van der Waals surface area contributed by atoms with Crippen LogP contribution in [0.4, 0.5) is 17.6 Å². The van der Waals surface area contributed by atoms with Gasteiger partial charge < -0.3 is 5.32 Å². The van der Waals surface area contributed by atoms with Gasteiger partial charge >= 0.3 is 6.18 Å². The Bertz CT molecular complexity index is 801. The second kappa shape index (κ2) is 8.79.